The van der Waals surface area contributed by atoms with E-state index in [1.54, 1.807) is 0 Å². The van der Waals surface area contributed by atoms with Crippen LogP contribution in [0.5, 0.6) is 0 Å². The first-order valence-electron chi connectivity index (χ1n) is 5.41. The van der Waals surface area contributed by atoms with E-state index < -0.39 is 24.5 Å². The predicted molar refractivity (Wildman–Crippen MR) is 66.1 cm³/mol. The van der Waals surface area contributed by atoms with Gasteiger partial charge in [-0.15, -0.1) is 0 Å². The lowest BCUT2D eigenvalue weighted by molar-refractivity contribution is -0.127. The molecule has 0 aromatic heterocycles. The van der Waals surface area contributed by atoms with Crippen LogP contribution < -0.4 is 10.6 Å². The minimum Gasteiger partial charge on any atom is -0.394 e. The van der Waals surface area contributed by atoms with Crippen LogP contribution in [0.2, 0.25) is 0 Å². The van der Waals surface area contributed by atoms with E-state index in [0.29, 0.717) is 12.8 Å². The lowest BCUT2D eigenvalue weighted by atomic mass is 10.2. The van der Waals surface area contributed by atoms with E-state index >= 15 is 0 Å². The third kappa shape index (κ3) is 4.34. The molecule has 0 spiro atoms. The average Bonchev–Trinajstić information content (AvgIpc) is 2.42. The number of carbonyl (C=O) groups is 2. The Bertz CT molecular complexity index is 420. The summed E-state index contributed by atoms with van der Waals surface area (Å²) in [5.41, 5.74) is 0.918. The molecule has 0 saturated heterocycles. The van der Waals surface area contributed by atoms with E-state index in [0.717, 1.165) is 5.56 Å². The van der Waals surface area contributed by atoms with Crippen LogP contribution in [0.3, 0.4) is 0 Å². The predicted octanol–water partition coefficient (Wildman–Crippen LogP) is -0.571. The van der Waals surface area contributed by atoms with Gasteiger partial charge in [-0.2, -0.15) is 0 Å². The molecule has 4 N–H and O–H groups in total. The normalized spacial score (nSPS) is 11.4. The summed E-state index contributed by atoms with van der Waals surface area (Å²) in [7, 11) is 0. The molecule has 96 valence electrons. The SMILES string of the molecule is N=CC(=O)N[C@H](CO)C(=O)NCc1ccccc1. The zero-order chi connectivity index (χ0) is 13.4. The standard InChI is InChI=1S/C12H15N3O3/c13-6-11(17)15-10(8-16)12(18)14-7-9-4-2-1-3-5-9/h1-6,10,13,16H,7-8H2,(H,14,18)(H,15,17)/t10-/m1/s1. The van der Waals surface area contributed by atoms with Crippen LogP contribution in [-0.4, -0.2) is 35.8 Å². The van der Waals surface area contributed by atoms with Crippen molar-refractivity contribution < 1.29 is 14.7 Å². The summed E-state index contributed by atoms with van der Waals surface area (Å²) < 4.78 is 0. The maximum atomic E-state index is 11.6. The second-order valence-electron chi connectivity index (χ2n) is 3.59. The molecule has 0 fully saturated rings. The van der Waals surface area contributed by atoms with Crippen molar-refractivity contribution in [1.82, 2.24) is 10.6 Å². The second kappa shape index (κ2) is 7.18. The van der Waals surface area contributed by atoms with Crippen molar-refractivity contribution in [3.05, 3.63) is 35.9 Å². The monoisotopic (exact) mass is 249 g/mol. The van der Waals surface area contributed by atoms with Gasteiger partial charge in [0.05, 0.1) is 12.8 Å². The van der Waals surface area contributed by atoms with Gasteiger partial charge in [-0.25, -0.2) is 0 Å². The Hall–Kier alpha value is -2.21. The van der Waals surface area contributed by atoms with Crippen LogP contribution in [-0.2, 0) is 16.1 Å². The number of aliphatic hydroxyl groups is 1. The lowest BCUT2D eigenvalue weighted by Gasteiger charge is -2.14. The van der Waals surface area contributed by atoms with Crippen molar-refractivity contribution in [3.8, 4) is 0 Å². The molecule has 6 heteroatoms. The van der Waals surface area contributed by atoms with Crippen molar-refractivity contribution >= 4 is 18.0 Å². The number of rotatable bonds is 6. The quantitative estimate of drug-likeness (QED) is 0.508. The minimum atomic E-state index is -1.04. The van der Waals surface area contributed by atoms with Crippen molar-refractivity contribution in [2.45, 2.75) is 12.6 Å². The number of amides is 2. The van der Waals surface area contributed by atoms with E-state index in [4.69, 9.17) is 10.5 Å². The number of aliphatic hydroxyl groups excluding tert-OH is 1. The Morgan fingerprint density at radius 1 is 1.33 bits per heavy atom. The van der Waals surface area contributed by atoms with Gasteiger partial charge in [-0.1, -0.05) is 30.3 Å². The van der Waals surface area contributed by atoms with Crippen molar-refractivity contribution in [3.63, 3.8) is 0 Å². The summed E-state index contributed by atoms with van der Waals surface area (Å²) in [5, 5.41) is 20.5. The molecule has 0 bridgehead atoms. The van der Waals surface area contributed by atoms with Gasteiger partial charge in [-0.05, 0) is 5.56 Å². The summed E-state index contributed by atoms with van der Waals surface area (Å²) in [6.07, 6.45) is 0.549. The number of carbonyl (C=O) groups excluding carboxylic acids is 2. The maximum Gasteiger partial charge on any atom is 0.262 e. The van der Waals surface area contributed by atoms with Crippen molar-refractivity contribution in [1.29, 1.82) is 5.41 Å². The van der Waals surface area contributed by atoms with E-state index in [1.165, 1.54) is 0 Å². The highest BCUT2D eigenvalue weighted by Crippen LogP contribution is 1.97. The van der Waals surface area contributed by atoms with Crippen LogP contribution in [0.25, 0.3) is 0 Å². The molecule has 0 radical (unpaired) electrons. The summed E-state index contributed by atoms with van der Waals surface area (Å²) in [5.74, 6) is -1.21. The Morgan fingerprint density at radius 3 is 2.56 bits per heavy atom. The van der Waals surface area contributed by atoms with Gasteiger partial charge in [-0.3, -0.25) is 9.59 Å². The van der Waals surface area contributed by atoms with Gasteiger partial charge in [0.15, 0.2) is 0 Å². The number of benzene rings is 1. The first-order chi connectivity index (χ1) is 8.67. The highest BCUT2D eigenvalue weighted by atomic mass is 16.3. The van der Waals surface area contributed by atoms with Crippen molar-refractivity contribution in [2.24, 2.45) is 0 Å². The molecule has 1 aromatic rings. The van der Waals surface area contributed by atoms with E-state index in [2.05, 4.69) is 10.6 Å². The molecule has 1 atom stereocenters. The molecule has 6 nitrogen and oxygen atoms in total. The molecule has 0 aliphatic heterocycles. The smallest absolute Gasteiger partial charge is 0.262 e. The molecule has 0 aliphatic rings. The van der Waals surface area contributed by atoms with E-state index in [9.17, 15) is 9.59 Å². The minimum absolute atomic E-state index is 0.316. The molecule has 0 saturated carbocycles. The Kier molecular flexibility index (Phi) is 5.53. The van der Waals surface area contributed by atoms with Crippen LogP contribution in [0.15, 0.2) is 30.3 Å². The molecule has 2 amide bonds. The van der Waals surface area contributed by atoms with Crippen LogP contribution in [0, 0.1) is 5.41 Å². The van der Waals surface area contributed by atoms with Gasteiger partial charge < -0.3 is 21.1 Å². The summed E-state index contributed by atoms with van der Waals surface area (Å²) >= 11 is 0. The van der Waals surface area contributed by atoms with Crippen molar-refractivity contribution in [2.75, 3.05) is 6.61 Å². The molecular weight excluding hydrogens is 234 g/mol. The van der Waals surface area contributed by atoms with Gasteiger partial charge in [0, 0.05) is 6.54 Å². The van der Waals surface area contributed by atoms with Gasteiger partial charge in [0.2, 0.25) is 5.91 Å². The van der Waals surface area contributed by atoms with E-state index in [1.807, 2.05) is 30.3 Å². The third-order valence-corrected chi connectivity index (χ3v) is 2.26. The fourth-order valence-corrected chi connectivity index (χ4v) is 1.32. The molecular formula is C12H15N3O3. The summed E-state index contributed by atoms with van der Waals surface area (Å²) in [6.45, 7) is -0.198. The molecule has 18 heavy (non-hydrogen) atoms. The molecule has 1 aromatic carbocycles. The average molecular weight is 249 g/mol. The Morgan fingerprint density at radius 2 is 2.00 bits per heavy atom. The Balaban J connectivity index is 2.47. The molecule has 1 rings (SSSR count). The first kappa shape index (κ1) is 13.9. The largest absolute Gasteiger partial charge is 0.394 e. The highest BCUT2D eigenvalue weighted by molar-refractivity contribution is 6.25. The summed E-state index contributed by atoms with van der Waals surface area (Å²) in [4.78, 5) is 22.6. The fraction of sp³-hybridized carbons (Fsp3) is 0.250. The zero-order valence-corrected chi connectivity index (χ0v) is 9.72. The van der Waals surface area contributed by atoms with Crippen LogP contribution >= 0.6 is 0 Å². The molecule has 0 aliphatic carbocycles. The van der Waals surface area contributed by atoms with Crippen LogP contribution in [0.1, 0.15) is 5.56 Å². The first-order valence-corrected chi connectivity index (χ1v) is 5.41. The number of hydrogen-bond donors (Lipinski definition) is 4. The lowest BCUT2D eigenvalue weighted by Crippen LogP contribution is -2.49. The fourth-order valence-electron chi connectivity index (χ4n) is 1.32. The second-order valence-corrected chi connectivity index (χ2v) is 3.59. The number of hydrogen-bond acceptors (Lipinski definition) is 4. The van der Waals surface area contributed by atoms with Gasteiger partial charge >= 0.3 is 0 Å². The van der Waals surface area contributed by atoms with Crippen LogP contribution in [0.4, 0.5) is 0 Å². The third-order valence-electron chi connectivity index (χ3n) is 2.26. The zero-order valence-electron chi connectivity index (χ0n) is 9.72. The van der Waals surface area contributed by atoms with E-state index in [-0.39, 0.29) is 0 Å². The Labute approximate surface area is 105 Å². The van der Waals surface area contributed by atoms with Gasteiger partial charge in [0.25, 0.3) is 5.91 Å². The topological polar surface area (TPSA) is 102 Å². The highest BCUT2D eigenvalue weighted by Gasteiger charge is 2.18. The maximum absolute atomic E-state index is 11.6. The molecule has 0 unspecified atom stereocenters. The molecule has 0 heterocycles. The van der Waals surface area contributed by atoms with Gasteiger partial charge in [0.1, 0.15) is 6.04 Å². The number of nitrogens with one attached hydrogen (secondary N) is 3. The summed E-state index contributed by atoms with van der Waals surface area (Å²) in [6, 6.07) is 8.23.